The molecule has 4 rings (SSSR count). The standard InChI is InChI=1S/C19H22N4/c1-14-7-5-11-17-22-18(15-8-6-12-20-13-15)19(23(14)17)21-16-9-3-2-4-10-16/h5-8,11-13,16,21H,2-4,9-10H2,1H3. The molecule has 3 aromatic rings. The maximum atomic E-state index is 4.87. The number of hydrogen-bond donors (Lipinski definition) is 1. The zero-order valence-corrected chi connectivity index (χ0v) is 13.5. The minimum atomic E-state index is 0.540. The number of nitrogens with one attached hydrogen (secondary N) is 1. The van der Waals surface area contributed by atoms with Gasteiger partial charge in [0, 0.05) is 29.7 Å². The maximum Gasteiger partial charge on any atom is 0.139 e. The van der Waals surface area contributed by atoms with Gasteiger partial charge >= 0.3 is 0 Å². The van der Waals surface area contributed by atoms with Gasteiger partial charge in [-0.05, 0) is 44.0 Å². The van der Waals surface area contributed by atoms with Crippen LogP contribution in [-0.4, -0.2) is 20.4 Å². The second kappa shape index (κ2) is 6.03. The lowest BCUT2D eigenvalue weighted by Gasteiger charge is -2.24. The van der Waals surface area contributed by atoms with Crippen LogP contribution in [0.5, 0.6) is 0 Å². The van der Waals surface area contributed by atoms with Crippen molar-refractivity contribution < 1.29 is 0 Å². The summed E-state index contributed by atoms with van der Waals surface area (Å²) in [6, 6.07) is 10.9. The highest BCUT2D eigenvalue weighted by Gasteiger charge is 2.20. The number of aryl methyl sites for hydroxylation is 1. The van der Waals surface area contributed by atoms with E-state index in [1.165, 1.54) is 37.8 Å². The summed E-state index contributed by atoms with van der Waals surface area (Å²) in [4.78, 5) is 9.13. The molecule has 0 bridgehead atoms. The summed E-state index contributed by atoms with van der Waals surface area (Å²) in [7, 11) is 0. The maximum absolute atomic E-state index is 4.87. The van der Waals surface area contributed by atoms with Crippen LogP contribution in [0.15, 0.2) is 42.7 Å². The summed E-state index contributed by atoms with van der Waals surface area (Å²) >= 11 is 0. The minimum absolute atomic E-state index is 0.540. The SMILES string of the molecule is Cc1cccc2nc(-c3cccnc3)c(NC3CCCCC3)n12. The van der Waals surface area contributed by atoms with Gasteiger partial charge in [0.15, 0.2) is 0 Å². The van der Waals surface area contributed by atoms with E-state index in [9.17, 15) is 0 Å². The van der Waals surface area contributed by atoms with Crippen LogP contribution < -0.4 is 5.32 Å². The molecule has 1 aliphatic carbocycles. The number of aromatic nitrogens is 3. The van der Waals surface area contributed by atoms with Crippen molar-refractivity contribution in [1.29, 1.82) is 0 Å². The number of imidazole rings is 1. The van der Waals surface area contributed by atoms with Gasteiger partial charge < -0.3 is 5.32 Å². The van der Waals surface area contributed by atoms with E-state index < -0.39 is 0 Å². The van der Waals surface area contributed by atoms with Gasteiger partial charge in [-0.3, -0.25) is 9.38 Å². The fourth-order valence-electron chi connectivity index (χ4n) is 3.53. The van der Waals surface area contributed by atoms with Crippen LogP contribution in [0.2, 0.25) is 0 Å². The van der Waals surface area contributed by atoms with E-state index in [1.807, 2.05) is 12.3 Å². The molecule has 3 heterocycles. The second-order valence-corrected chi connectivity index (χ2v) is 6.39. The number of hydrogen-bond acceptors (Lipinski definition) is 3. The van der Waals surface area contributed by atoms with Crippen molar-refractivity contribution in [1.82, 2.24) is 14.4 Å². The first-order valence-electron chi connectivity index (χ1n) is 8.48. The molecule has 0 unspecified atom stereocenters. The Balaban J connectivity index is 1.84. The van der Waals surface area contributed by atoms with Crippen molar-refractivity contribution in [3.8, 4) is 11.3 Å². The first kappa shape index (κ1) is 14.2. The van der Waals surface area contributed by atoms with Crippen LogP contribution in [0.4, 0.5) is 5.82 Å². The van der Waals surface area contributed by atoms with Crippen LogP contribution in [0.1, 0.15) is 37.8 Å². The Bertz CT molecular complexity index is 801. The summed E-state index contributed by atoms with van der Waals surface area (Å²) in [6.07, 6.45) is 10.2. The van der Waals surface area contributed by atoms with Crippen LogP contribution in [0, 0.1) is 6.92 Å². The summed E-state index contributed by atoms with van der Waals surface area (Å²) in [5.41, 5.74) is 4.25. The Labute approximate surface area is 136 Å². The quantitative estimate of drug-likeness (QED) is 0.777. The Kier molecular flexibility index (Phi) is 3.74. The third-order valence-corrected chi connectivity index (χ3v) is 4.72. The number of rotatable bonds is 3. The van der Waals surface area contributed by atoms with Crippen molar-refractivity contribution in [2.24, 2.45) is 0 Å². The zero-order valence-electron chi connectivity index (χ0n) is 13.5. The molecule has 1 N–H and O–H groups in total. The molecule has 0 radical (unpaired) electrons. The molecular formula is C19H22N4. The summed E-state index contributed by atoms with van der Waals surface area (Å²) in [5, 5.41) is 3.78. The van der Waals surface area contributed by atoms with E-state index in [2.05, 4.69) is 45.9 Å². The normalized spacial score (nSPS) is 15.9. The first-order valence-corrected chi connectivity index (χ1v) is 8.48. The largest absolute Gasteiger partial charge is 0.367 e. The third kappa shape index (κ3) is 2.69. The average molecular weight is 306 g/mol. The molecular weight excluding hydrogens is 284 g/mol. The molecule has 118 valence electrons. The molecule has 0 atom stereocenters. The number of nitrogens with zero attached hydrogens (tertiary/aromatic N) is 3. The predicted molar refractivity (Wildman–Crippen MR) is 93.7 cm³/mol. The molecule has 0 amide bonds. The smallest absolute Gasteiger partial charge is 0.139 e. The van der Waals surface area contributed by atoms with Gasteiger partial charge in [-0.1, -0.05) is 25.3 Å². The molecule has 0 aliphatic heterocycles. The molecule has 23 heavy (non-hydrogen) atoms. The van der Waals surface area contributed by atoms with Crippen LogP contribution in [0.25, 0.3) is 16.9 Å². The molecule has 1 fully saturated rings. The Hall–Kier alpha value is -2.36. The molecule has 0 spiro atoms. The second-order valence-electron chi connectivity index (χ2n) is 6.39. The lowest BCUT2D eigenvalue weighted by atomic mass is 9.95. The van der Waals surface area contributed by atoms with Crippen LogP contribution in [0.3, 0.4) is 0 Å². The molecule has 4 heteroatoms. The van der Waals surface area contributed by atoms with Gasteiger partial charge in [-0.25, -0.2) is 4.98 Å². The molecule has 0 saturated heterocycles. The van der Waals surface area contributed by atoms with Gasteiger partial charge in [-0.2, -0.15) is 0 Å². The lowest BCUT2D eigenvalue weighted by molar-refractivity contribution is 0.461. The summed E-state index contributed by atoms with van der Waals surface area (Å²) in [5.74, 6) is 1.11. The summed E-state index contributed by atoms with van der Waals surface area (Å²) in [6.45, 7) is 2.13. The minimum Gasteiger partial charge on any atom is -0.367 e. The third-order valence-electron chi connectivity index (χ3n) is 4.72. The zero-order chi connectivity index (χ0) is 15.6. The van der Waals surface area contributed by atoms with Crippen LogP contribution >= 0.6 is 0 Å². The Morgan fingerprint density at radius 3 is 2.74 bits per heavy atom. The van der Waals surface area contributed by atoms with Gasteiger partial charge in [0.05, 0.1) is 0 Å². The van der Waals surface area contributed by atoms with Crippen molar-refractivity contribution in [3.63, 3.8) is 0 Å². The number of pyridine rings is 2. The van der Waals surface area contributed by atoms with E-state index in [-0.39, 0.29) is 0 Å². The van der Waals surface area contributed by atoms with E-state index in [0.717, 1.165) is 22.7 Å². The molecule has 1 aliphatic rings. The van der Waals surface area contributed by atoms with Crippen molar-refractivity contribution in [2.75, 3.05) is 5.32 Å². The molecule has 1 saturated carbocycles. The first-order chi connectivity index (χ1) is 11.3. The number of anilines is 1. The van der Waals surface area contributed by atoms with Gasteiger partial charge in [-0.15, -0.1) is 0 Å². The highest BCUT2D eigenvalue weighted by atomic mass is 15.2. The van der Waals surface area contributed by atoms with Crippen molar-refractivity contribution in [2.45, 2.75) is 45.1 Å². The molecule has 3 aromatic heterocycles. The highest BCUT2D eigenvalue weighted by molar-refractivity contribution is 5.76. The van der Waals surface area contributed by atoms with E-state index >= 15 is 0 Å². The van der Waals surface area contributed by atoms with Gasteiger partial charge in [0.2, 0.25) is 0 Å². The summed E-state index contributed by atoms with van der Waals surface area (Å²) < 4.78 is 2.23. The van der Waals surface area contributed by atoms with Gasteiger partial charge in [0.25, 0.3) is 0 Å². The molecule has 0 aromatic carbocycles. The average Bonchev–Trinajstić information content (AvgIpc) is 2.96. The predicted octanol–water partition coefficient (Wildman–Crippen LogP) is 4.45. The fourth-order valence-corrected chi connectivity index (χ4v) is 3.53. The fraction of sp³-hybridized carbons (Fsp3) is 0.368. The Morgan fingerprint density at radius 1 is 1.09 bits per heavy atom. The number of fused-ring (bicyclic) bond motifs is 1. The van der Waals surface area contributed by atoms with Crippen molar-refractivity contribution in [3.05, 3.63) is 48.4 Å². The van der Waals surface area contributed by atoms with Gasteiger partial charge in [0.1, 0.15) is 17.2 Å². The van der Waals surface area contributed by atoms with Crippen LogP contribution in [-0.2, 0) is 0 Å². The highest BCUT2D eigenvalue weighted by Crippen LogP contribution is 2.31. The van der Waals surface area contributed by atoms with Crippen molar-refractivity contribution >= 4 is 11.5 Å². The lowest BCUT2D eigenvalue weighted by Crippen LogP contribution is -2.23. The van der Waals surface area contributed by atoms with E-state index in [1.54, 1.807) is 6.20 Å². The van der Waals surface area contributed by atoms with E-state index in [4.69, 9.17) is 4.98 Å². The monoisotopic (exact) mass is 306 g/mol. The Morgan fingerprint density at radius 2 is 1.96 bits per heavy atom. The van der Waals surface area contributed by atoms with E-state index in [0.29, 0.717) is 6.04 Å². The molecule has 4 nitrogen and oxygen atoms in total. The topological polar surface area (TPSA) is 42.2 Å².